The summed E-state index contributed by atoms with van der Waals surface area (Å²) in [5.41, 5.74) is -0.670. The van der Waals surface area contributed by atoms with Crippen LogP contribution in [0.1, 0.15) is 37.6 Å². The highest BCUT2D eigenvalue weighted by atomic mass is 32.1. The van der Waals surface area contributed by atoms with Crippen LogP contribution in [0.25, 0.3) is 0 Å². The van der Waals surface area contributed by atoms with Crippen molar-refractivity contribution >= 4 is 34.8 Å². The molecule has 0 saturated carbocycles. The normalized spacial score (nSPS) is 28.6. The van der Waals surface area contributed by atoms with Gasteiger partial charge in [-0.25, -0.2) is 4.90 Å². The third-order valence-corrected chi connectivity index (χ3v) is 6.76. The lowest BCUT2D eigenvalue weighted by Gasteiger charge is -2.32. The topological polar surface area (TPSA) is 75.7 Å². The molecule has 0 bridgehead atoms. The molecule has 2 saturated heterocycles. The number of hydrogen-bond acceptors (Lipinski definition) is 6. The fourth-order valence-corrected chi connectivity index (χ4v) is 5.54. The van der Waals surface area contributed by atoms with Crippen molar-refractivity contribution in [2.24, 2.45) is 11.8 Å². The molecule has 4 rings (SSSR count). The monoisotopic (exact) mass is 412 g/mol. The number of benzene rings is 1. The van der Waals surface area contributed by atoms with Crippen LogP contribution in [0, 0.1) is 11.8 Å². The van der Waals surface area contributed by atoms with Gasteiger partial charge >= 0.3 is 5.97 Å². The minimum atomic E-state index is -1.21. The second-order valence-electron chi connectivity index (χ2n) is 7.43. The number of carbonyl (C=O) groups excluding carboxylic acids is 3. The van der Waals surface area contributed by atoms with Crippen molar-refractivity contribution < 1.29 is 19.1 Å². The largest absolute Gasteiger partial charge is 0.465 e. The molecule has 1 aromatic carbocycles. The molecule has 152 valence electrons. The van der Waals surface area contributed by atoms with E-state index in [0.29, 0.717) is 18.5 Å². The summed E-state index contributed by atoms with van der Waals surface area (Å²) in [6, 6.07) is 12.4. The molecule has 1 N–H and O–H groups in total. The highest BCUT2D eigenvalue weighted by Crippen LogP contribution is 2.52. The minimum absolute atomic E-state index is 0.220. The maximum atomic E-state index is 13.6. The summed E-state index contributed by atoms with van der Waals surface area (Å²) >= 11 is 1.52. The molecule has 2 fully saturated rings. The Morgan fingerprint density at radius 3 is 2.52 bits per heavy atom. The van der Waals surface area contributed by atoms with E-state index in [1.54, 1.807) is 31.2 Å². The molecular formula is C22H24N2O4S. The zero-order valence-electron chi connectivity index (χ0n) is 16.5. The first kappa shape index (κ1) is 19.8. The molecular weight excluding hydrogens is 388 g/mol. The van der Waals surface area contributed by atoms with Crippen molar-refractivity contribution in [3.63, 3.8) is 0 Å². The lowest BCUT2D eigenvalue weighted by Crippen LogP contribution is -2.56. The number of nitrogens with zero attached hydrogens (tertiary/aromatic N) is 1. The van der Waals surface area contributed by atoms with Gasteiger partial charge in [-0.05, 0) is 36.9 Å². The molecule has 0 unspecified atom stereocenters. The highest BCUT2D eigenvalue weighted by molar-refractivity contribution is 7.10. The van der Waals surface area contributed by atoms with Crippen molar-refractivity contribution in [3.8, 4) is 0 Å². The summed E-state index contributed by atoms with van der Waals surface area (Å²) in [5.74, 6) is -2.48. The molecule has 2 aromatic rings. The third kappa shape index (κ3) is 3.00. The molecule has 0 radical (unpaired) electrons. The summed E-state index contributed by atoms with van der Waals surface area (Å²) in [4.78, 5) is 42.4. The van der Waals surface area contributed by atoms with Crippen LogP contribution < -0.4 is 10.2 Å². The number of anilines is 1. The lowest BCUT2D eigenvalue weighted by molar-refractivity contribution is -0.155. The van der Waals surface area contributed by atoms with E-state index in [2.05, 4.69) is 5.32 Å². The number of thiophene rings is 1. The Labute approximate surface area is 173 Å². The van der Waals surface area contributed by atoms with Crippen LogP contribution in [0.15, 0.2) is 47.8 Å². The van der Waals surface area contributed by atoms with Crippen molar-refractivity contribution in [2.45, 2.75) is 38.3 Å². The first-order valence-electron chi connectivity index (χ1n) is 9.96. The van der Waals surface area contributed by atoms with E-state index in [-0.39, 0.29) is 18.4 Å². The van der Waals surface area contributed by atoms with Crippen LogP contribution in [0.3, 0.4) is 0 Å². The van der Waals surface area contributed by atoms with Gasteiger partial charge in [0.05, 0.1) is 30.2 Å². The first-order valence-corrected chi connectivity index (χ1v) is 10.8. The van der Waals surface area contributed by atoms with E-state index in [1.807, 2.05) is 30.5 Å². The van der Waals surface area contributed by atoms with Crippen molar-refractivity contribution in [1.29, 1.82) is 0 Å². The number of esters is 1. The summed E-state index contributed by atoms with van der Waals surface area (Å²) in [5, 5.41) is 5.33. The fraction of sp³-hybridized carbons (Fsp3) is 0.409. The molecule has 6 nitrogen and oxygen atoms in total. The van der Waals surface area contributed by atoms with Crippen molar-refractivity contribution in [2.75, 3.05) is 11.5 Å². The van der Waals surface area contributed by atoms with Crippen LogP contribution in [-0.4, -0.2) is 29.9 Å². The maximum Gasteiger partial charge on any atom is 0.327 e. The van der Waals surface area contributed by atoms with Crippen LogP contribution in [0.2, 0.25) is 0 Å². The average molecular weight is 413 g/mol. The summed E-state index contributed by atoms with van der Waals surface area (Å²) < 4.78 is 5.40. The Balaban J connectivity index is 1.84. The van der Waals surface area contributed by atoms with E-state index in [9.17, 15) is 14.4 Å². The molecule has 4 atom stereocenters. The van der Waals surface area contributed by atoms with Gasteiger partial charge in [0.2, 0.25) is 11.8 Å². The SMILES string of the molecule is CCC[C@]1(C(=O)OCC)N[C@H](c2cccs2)[C@@H]2C(=O)N(c3ccccc3)C(=O)[C@@H]21. The Hall–Kier alpha value is -2.51. The number of hydrogen-bond donors (Lipinski definition) is 1. The van der Waals surface area contributed by atoms with Crippen molar-refractivity contribution in [3.05, 3.63) is 52.7 Å². The third-order valence-electron chi connectivity index (χ3n) is 5.80. The zero-order valence-corrected chi connectivity index (χ0v) is 17.3. The molecule has 29 heavy (non-hydrogen) atoms. The van der Waals surface area contributed by atoms with Crippen LogP contribution in [0.4, 0.5) is 5.69 Å². The number of fused-ring (bicyclic) bond motifs is 1. The molecule has 2 aliphatic heterocycles. The van der Waals surface area contributed by atoms with Crippen LogP contribution in [0.5, 0.6) is 0 Å². The Bertz CT molecular complexity index is 914. The van der Waals surface area contributed by atoms with Gasteiger partial charge in [-0.1, -0.05) is 37.6 Å². The predicted octanol–water partition coefficient (Wildman–Crippen LogP) is 3.30. The van der Waals surface area contributed by atoms with Gasteiger partial charge < -0.3 is 4.74 Å². The zero-order chi connectivity index (χ0) is 20.6. The number of nitrogens with one attached hydrogen (secondary N) is 1. The first-order chi connectivity index (χ1) is 14.0. The molecule has 0 spiro atoms. The van der Waals surface area contributed by atoms with Gasteiger partial charge in [0, 0.05) is 4.88 Å². The maximum absolute atomic E-state index is 13.6. The average Bonchev–Trinajstić information content (AvgIpc) is 3.41. The van der Waals surface area contributed by atoms with Gasteiger partial charge in [-0.3, -0.25) is 19.7 Å². The van der Waals surface area contributed by atoms with Gasteiger partial charge in [-0.2, -0.15) is 0 Å². The molecule has 1 aromatic heterocycles. The van der Waals surface area contributed by atoms with E-state index in [1.165, 1.54) is 16.2 Å². The Kier molecular flexibility index (Phi) is 5.27. The van der Waals surface area contributed by atoms with E-state index >= 15 is 0 Å². The van der Waals surface area contributed by atoms with Crippen LogP contribution in [-0.2, 0) is 19.1 Å². The molecule has 3 heterocycles. The molecule has 2 amide bonds. The second kappa shape index (κ2) is 7.72. The standard InChI is InChI=1S/C22H24N2O4S/c1-3-12-22(21(27)28-4-2)17-16(18(23-22)15-11-8-13-29-15)19(25)24(20(17)26)14-9-6-5-7-10-14/h5-11,13,16-18,23H,3-4,12H2,1-2H3/t16-,17-,18-,22+/m1/s1. The molecule has 0 aliphatic carbocycles. The predicted molar refractivity (Wildman–Crippen MR) is 110 cm³/mol. The van der Waals surface area contributed by atoms with Gasteiger partial charge in [0.15, 0.2) is 0 Å². The second-order valence-corrected chi connectivity index (χ2v) is 8.41. The summed E-state index contributed by atoms with van der Waals surface area (Å²) in [6.45, 7) is 3.93. The number of rotatable bonds is 6. The number of amides is 2. The molecule has 2 aliphatic rings. The Morgan fingerprint density at radius 2 is 1.90 bits per heavy atom. The van der Waals surface area contributed by atoms with Crippen LogP contribution >= 0.6 is 11.3 Å². The van der Waals surface area contributed by atoms with Gasteiger partial charge in [0.25, 0.3) is 0 Å². The van der Waals surface area contributed by atoms with Gasteiger partial charge in [0.1, 0.15) is 5.54 Å². The van der Waals surface area contributed by atoms with E-state index in [4.69, 9.17) is 4.74 Å². The minimum Gasteiger partial charge on any atom is -0.465 e. The number of carbonyl (C=O) groups is 3. The van der Waals surface area contributed by atoms with E-state index in [0.717, 1.165) is 4.88 Å². The highest BCUT2D eigenvalue weighted by Gasteiger charge is 2.68. The van der Waals surface area contributed by atoms with Gasteiger partial charge in [-0.15, -0.1) is 11.3 Å². The van der Waals surface area contributed by atoms with Crippen molar-refractivity contribution in [1.82, 2.24) is 5.32 Å². The number of imide groups is 1. The Morgan fingerprint density at radius 1 is 1.14 bits per heavy atom. The summed E-state index contributed by atoms with van der Waals surface area (Å²) in [7, 11) is 0. The number of ether oxygens (including phenoxy) is 1. The number of para-hydroxylation sites is 1. The van der Waals surface area contributed by atoms with E-state index < -0.39 is 29.4 Å². The fourth-order valence-electron chi connectivity index (χ4n) is 4.72. The quantitative estimate of drug-likeness (QED) is 0.582. The lowest BCUT2D eigenvalue weighted by atomic mass is 9.77. The molecule has 7 heteroatoms. The summed E-state index contributed by atoms with van der Waals surface area (Å²) in [6.07, 6.45) is 1.11. The smallest absolute Gasteiger partial charge is 0.327 e.